The summed E-state index contributed by atoms with van der Waals surface area (Å²) in [7, 11) is -0.989. The van der Waals surface area contributed by atoms with E-state index in [9.17, 15) is 4.21 Å². The number of benzene rings is 2. The van der Waals surface area contributed by atoms with Crippen LogP contribution in [-0.2, 0) is 22.3 Å². The second kappa shape index (κ2) is 6.22. The van der Waals surface area contributed by atoms with Gasteiger partial charge in [0, 0.05) is 27.3 Å². The SMILES string of the molecule is Cc1cccc(CS(=O)Cc2cc(N)ccc2Cl)c1. The lowest BCUT2D eigenvalue weighted by Crippen LogP contribution is -2.01. The van der Waals surface area contributed by atoms with E-state index < -0.39 is 10.8 Å². The van der Waals surface area contributed by atoms with Crippen molar-refractivity contribution in [2.45, 2.75) is 18.4 Å². The topological polar surface area (TPSA) is 43.1 Å². The maximum atomic E-state index is 12.2. The summed E-state index contributed by atoms with van der Waals surface area (Å²) >= 11 is 6.08. The van der Waals surface area contributed by atoms with E-state index >= 15 is 0 Å². The van der Waals surface area contributed by atoms with E-state index in [0.717, 1.165) is 11.1 Å². The van der Waals surface area contributed by atoms with E-state index in [2.05, 4.69) is 6.07 Å². The maximum absolute atomic E-state index is 12.2. The molecule has 0 radical (unpaired) electrons. The Morgan fingerprint density at radius 1 is 1.16 bits per heavy atom. The molecule has 1 unspecified atom stereocenters. The van der Waals surface area contributed by atoms with Gasteiger partial charge in [-0.15, -0.1) is 0 Å². The lowest BCUT2D eigenvalue weighted by molar-refractivity contribution is 0.682. The minimum absolute atomic E-state index is 0.428. The Morgan fingerprint density at radius 2 is 1.95 bits per heavy atom. The predicted molar refractivity (Wildman–Crippen MR) is 82.6 cm³/mol. The fraction of sp³-hybridized carbons (Fsp3) is 0.200. The highest BCUT2D eigenvalue weighted by Crippen LogP contribution is 2.21. The van der Waals surface area contributed by atoms with Crippen LogP contribution < -0.4 is 5.73 Å². The minimum atomic E-state index is -0.989. The molecule has 0 spiro atoms. The third-order valence-electron chi connectivity index (χ3n) is 2.80. The van der Waals surface area contributed by atoms with Crippen molar-refractivity contribution in [2.24, 2.45) is 0 Å². The van der Waals surface area contributed by atoms with E-state index in [0.29, 0.717) is 22.2 Å². The molecule has 0 aliphatic carbocycles. The molecule has 2 aromatic rings. The minimum Gasteiger partial charge on any atom is -0.399 e. The number of aryl methyl sites for hydroxylation is 1. The zero-order valence-corrected chi connectivity index (χ0v) is 12.3. The van der Waals surface area contributed by atoms with Crippen LogP contribution in [-0.4, -0.2) is 4.21 Å². The number of hydrogen-bond donors (Lipinski definition) is 1. The lowest BCUT2D eigenvalue weighted by Gasteiger charge is -2.06. The van der Waals surface area contributed by atoms with Crippen LogP contribution in [0.15, 0.2) is 42.5 Å². The Morgan fingerprint density at radius 3 is 2.68 bits per heavy atom. The molecule has 0 aliphatic rings. The van der Waals surface area contributed by atoms with Crippen LogP contribution in [0.1, 0.15) is 16.7 Å². The molecule has 0 heterocycles. The average Bonchev–Trinajstić information content (AvgIpc) is 2.34. The number of nitrogens with two attached hydrogens (primary N) is 1. The van der Waals surface area contributed by atoms with Crippen LogP contribution in [0.3, 0.4) is 0 Å². The fourth-order valence-electron chi connectivity index (χ4n) is 1.92. The van der Waals surface area contributed by atoms with Gasteiger partial charge in [-0.25, -0.2) is 0 Å². The van der Waals surface area contributed by atoms with Crippen molar-refractivity contribution in [3.8, 4) is 0 Å². The number of nitrogen functional groups attached to an aromatic ring is 1. The standard InChI is InChI=1S/C15H16ClNOS/c1-11-3-2-4-12(7-11)9-19(18)10-13-8-14(17)5-6-15(13)16/h2-8H,9-10,17H2,1H3. The Balaban J connectivity index is 2.07. The molecule has 0 amide bonds. The third-order valence-corrected chi connectivity index (χ3v) is 4.45. The van der Waals surface area contributed by atoms with Crippen LogP contribution in [0.4, 0.5) is 5.69 Å². The molecule has 0 aromatic heterocycles. The summed E-state index contributed by atoms with van der Waals surface area (Å²) in [6.45, 7) is 2.03. The molecular formula is C15H16ClNOS. The molecule has 2 nitrogen and oxygen atoms in total. The fourth-order valence-corrected chi connectivity index (χ4v) is 3.42. The molecular weight excluding hydrogens is 278 g/mol. The molecule has 100 valence electrons. The highest BCUT2D eigenvalue weighted by Gasteiger charge is 2.07. The largest absolute Gasteiger partial charge is 0.399 e. The van der Waals surface area contributed by atoms with Crippen LogP contribution in [0.25, 0.3) is 0 Å². The van der Waals surface area contributed by atoms with Gasteiger partial charge in [-0.3, -0.25) is 4.21 Å². The quantitative estimate of drug-likeness (QED) is 0.874. The van der Waals surface area contributed by atoms with Crippen LogP contribution in [0.2, 0.25) is 5.02 Å². The first kappa shape index (κ1) is 14.1. The normalized spacial score (nSPS) is 12.3. The van der Waals surface area contributed by atoms with Gasteiger partial charge in [-0.05, 0) is 36.2 Å². The maximum Gasteiger partial charge on any atom is 0.0504 e. The van der Waals surface area contributed by atoms with Gasteiger partial charge < -0.3 is 5.73 Å². The van der Waals surface area contributed by atoms with Crippen LogP contribution in [0.5, 0.6) is 0 Å². The number of rotatable bonds is 4. The Bertz CT molecular complexity index is 613. The molecule has 0 saturated heterocycles. The summed E-state index contributed by atoms with van der Waals surface area (Å²) < 4.78 is 12.2. The monoisotopic (exact) mass is 293 g/mol. The third kappa shape index (κ3) is 4.08. The van der Waals surface area contributed by atoms with Crippen molar-refractivity contribution in [1.82, 2.24) is 0 Å². The van der Waals surface area contributed by atoms with E-state index in [4.69, 9.17) is 17.3 Å². The zero-order valence-electron chi connectivity index (χ0n) is 10.7. The van der Waals surface area contributed by atoms with Crippen molar-refractivity contribution >= 4 is 28.1 Å². The van der Waals surface area contributed by atoms with Crippen molar-refractivity contribution < 1.29 is 4.21 Å². The summed E-state index contributed by atoms with van der Waals surface area (Å²) in [4.78, 5) is 0. The summed E-state index contributed by atoms with van der Waals surface area (Å²) in [5.74, 6) is 0.963. The second-order valence-electron chi connectivity index (χ2n) is 4.57. The Kier molecular flexibility index (Phi) is 4.61. The summed E-state index contributed by atoms with van der Waals surface area (Å²) in [6.07, 6.45) is 0. The van der Waals surface area contributed by atoms with Gasteiger partial charge >= 0.3 is 0 Å². The van der Waals surface area contributed by atoms with Crippen LogP contribution in [0, 0.1) is 6.92 Å². The van der Waals surface area contributed by atoms with Crippen LogP contribution >= 0.6 is 11.6 Å². The Labute approximate surface area is 121 Å². The van der Waals surface area contributed by atoms with Crippen molar-refractivity contribution in [2.75, 3.05) is 5.73 Å². The summed E-state index contributed by atoms with van der Waals surface area (Å²) in [5.41, 5.74) is 9.46. The van der Waals surface area contributed by atoms with Crippen molar-refractivity contribution in [1.29, 1.82) is 0 Å². The molecule has 2 rings (SSSR count). The van der Waals surface area contributed by atoms with Gasteiger partial charge in [0.25, 0.3) is 0 Å². The molecule has 0 saturated carbocycles. The highest BCUT2D eigenvalue weighted by atomic mass is 35.5. The second-order valence-corrected chi connectivity index (χ2v) is 6.43. The van der Waals surface area contributed by atoms with E-state index in [-0.39, 0.29) is 0 Å². The first-order valence-corrected chi connectivity index (χ1v) is 7.85. The first-order valence-electron chi connectivity index (χ1n) is 5.99. The van der Waals surface area contributed by atoms with Gasteiger partial charge in [0.15, 0.2) is 0 Å². The lowest BCUT2D eigenvalue weighted by atomic mass is 10.2. The average molecular weight is 294 g/mol. The van der Waals surface area contributed by atoms with Gasteiger partial charge in [0.2, 0.25) is 0 Å². The van der Waals surface area contributed by atoms with Gasteiger partial charge in [-0.2, -0.15) is 0 Å². The smallest absolute Gasteiger partial charge is 0.0504 e. The number of anilines is 1. The molecule has 0 bridgehead atoms. The summed E-state index contributed by atoms with van der Waals surface area (Å²) in [5, 5.41) is 0.617. The van der Waals surface area contributed by atoms with Gasteiger partial charge in [0.05, 0.1) is 5.75 Å². The molecule has 2 N–H and O–H groups in total. The van der Waals surface area contributed by atoms with E-state index in [1.807, 2.05) is 25.1 Å². The molecule has 0 aliphatic heterocycles. The predicted octanol–water partition coefficient (Wildman–Crippen LogP) is 3.68. The number of hydrogen-bond acceptors (Lipinski definition) is 2. The number of halogens is 1. The van der Waals surface area contributed by atoms with Gasteiger partial charge in [0.1, 0.15) is 0 Å². The van der Waals surface area contributed by atoms with E-state index in [1.165, 1.54) is 5.56 Å². The van der Waals surface area contributed by atoms with E-state index in [1.54, 1.807) is 18.2 Å². The van der Waals surface area contributed by atoms with Gasteiger partial charge in [-0.1, -0.05) is 41.4 Å². The highest BCUT2D eigenvalue weighted by molar-refractivity contribution is 7.83. The molecule has 19 heavy (non-hydrogen) atoms. The first-order chi connectivity index (χ1) is 9.04. The molecule has 4 heteroatoms. The molecule has 2 aromatic carbocycles. The molecule has 0 fully saturated rings. The van der Waals surface area contributed by atoms with Crippen molar-refractivity contribution in [3.63, 3.8) is 0 Å². The van der Waals surface area contributed by atoms with Crippen molar-refractivity contribution in [3.05, 3.63) is 64.2 Å². The molecule has 1 atom stereocenters. The summed E-state index contributed by atoms with van der Waals surface area (Å²) in [6, 6.07) is 13.3. The Hall–Kier alpha value is -1.32. The zero-order chi connectivity index (χ0) is 13.8.